The molecule has 8 heteroatoms. The molecule has 0 bridgehead atoms. The van der Waals surface area contributed by atoms with Crippen molar-refractivity contribution in [2.75, 3.05) is 11.9 Å². The van der Waals surface area contributed by atoms with Gasteiger partial charge in [-0.2, -0.15) is 0 Å². The van der Waals surface area contributed by atoms with Crippen LogP contribution < -0.4 is 25.0 Å². The number of para-hydroxylation sites is 1. The van der Waals surface area contributed by atoms with Gasteiger partial charge in [0.05, 0.1) is 5.70 Å². The van der Waals surface area contributed by atoms with Crippen LogP contribution in [0, 0.1) is 0 Å². The molecule has 1 saturated heterocycles. The molecule has 4 rings (SSSR count). The molecule has 0 aliphatic carbocycles. The molecule has 1 aromatic carbocycles. The number of thioether (sulfide) groups is 1. The Kier molecular flexibility index (Phi) is 4.79. The van der Waals surface area contributed by atoms with Crippen LogP contribution in [0.5, 0.6) is 0 Å². The van der Waals surface area contributed by atoms with E-state index in [4.69, 9.17) is 12.2 Å². The van der Waals surface area contributed by atoms with Crippen LogP contribution >= 0.6 is 35.3 Å². The number of rotatable bonds is 2. The summed E-state index contributed by atoms with van der Waals surface area (Å²) < 4.78 is 3.43. The lowest BCUT2D eigenvalue weighted by molar-refractivity contribution is -0.113. The van der Waals surface area contributed by atoms with Gasteiger partial charge in [0.2, 0.25) is 0 Å². The highest BCUT2D eigenvalue weighted by Crippen LogP contribution is 2.29. The summed E-state index contributed by atoms with van der Waals surface area (Å²) in [5.74, 6) is -0.231. The minimum absolute atomic E-state index is 0.0681. The van der Waals surface area contributed by atoms with Crippen molar-refractivity contribution in [3.05, 3.63) is 55.5 Å². The molecule has 5 nitrogen and oxygen atoms in total. The molecular formula is C19H17N3O2S3. The number of carbonyl (C=O) groups is 1. The molecule has 138 valence electrons. The molecule has 2 aliphatic heterocycles. The zero-order valence-corrected chi connectivity index (χ0v) is 17.3. The minimum atomic E-state index is -0.231. The predicted molar refractivity (Wildman–Crippen MR) is 117 cm³/mol. The number of benzene rings is 1. The first-order valence-electron chi connectivity index (χ1n) is 8.53. The quantitative estimate of drug-likeness (QED) is 0.759. The summed E-state index contributed by atoms with van der Waals surface area (Å²) in [5, 5.41) is 2.64. The Bertz CT molecular complexity index is 1170. The van der Waals surface area contributed by atoms with Gasteiger partial charge in [-0.05, 0) is 24.1 Å². The minimum Gasteiger partial charge on any atom is -0.343 e. The van der Waals surface area contributed by atoms with Crippen LogP contribution in [-0.4, -0.2) is 21.8 Å². The van der Waals surface area contributed by atoms with E-state index in [2.05, 4.69) is 5.32 Å². The Morgan fingerprint density at radius 3 is 2.67 bits per heavy atom. The smallest absolute Gasteiger partial charge is 0.271 e. The number of hydrogen-bond acceptors (Lipinski definition) is 6. The van der Waals surface area contributed by atoms with Crippen LogP contribution in [0.15, 0.2) is 35.1 Å². The average molecular weight is 416 g/mol. The van der Waals surface area contributed by atoms with Crippen molar-refractivity contribution in [2.45, 2.75) is 19.9 Å². The molecule has 0 atom stereocenters. The molecule has 2 aromatic rings. The summed E-state index contributed by atoms with van der Waals surface area (Å²) in [6.07, 6.45) is 4.79. The molecule has 0 saturated carbocycles. The van der Waals surface area contributed by atoms with E-state index in [1.165, 1.54) is 23.1 Å². The molecule has 0 unspecified atom stereocenters. The Morgan fingerprint density at radius 1 is 1.19 bits per heavy atom. The van der Waals surface area contributed by atoms with Crippen molar-refractivity contribution < 1.29 is 4.79 Å². The lowest BCUT2D eigenvalue weighted by Crippen LogP contribution is -2.36. The number of likely N-dealkylation sites (N-methyl/N-ethyl adjacent to an activating group) is 1. The lowest BCUT2D eigenvalue weighted by Gasteiger charge is -2.25. The topological polar surface area (TPSA) is 54.3 Å². The van der Waals surface area contributed by atoms with Gasteiger partial charge in [-0.1, -0.05) is 55.2 Å². The number of anilines is 1. The maximum Gasteiger partial charge on any atom is 0.271 e. The summed E-state index contributed by atoms with van der Waals surface area (Å²) in [5.41, 5.74) is 2.93. The molecule has 1 aromatic heterocycles. The number of amides is 1. The molecule has 0 radical (unpaired) electrons. The Balaban J connectivity index is 2.02. The maximum absolute atomic E-state index is 13.2. The monoisotopic (exact) mass is 415 g/mol. The molecule has 2 aliphatic rings. The van der Waals surface area contributed by atoms with Crippen LogP contribution in [-0.2, 0) is 11.3 Å². The normalized spacial score (nSPS) is 20.1. The summed E-state index contributed by atoms with van der Waals surface area (Å²) >= 11 is 7.69. The SMILES string of the molecule is CCCn1c(=C2SC(=S)NC2=O)sc(=C2C=Cc3ccccc3N2C)c1=O. The van der Waals surface area contributed by atoms with E-state index in [-0.39, 0.29) is 11.5 Å². The summed E-state index contributed by atoms with van der Waals surface area (Å²) in [6.45, 7) is 2.58. The summed E-state index contributed by atoms with van der Waals surface area (Å²) in [6, 6.07) is 8.06. The second kappa shape index (κ2) is 7.10. The highest BCUT2D eigenvalue weighted by molar-refractivity contribution is 8.30. The highest BCUT2D eigenvalue weighted by Gasteiger charge is 2.26. The van der Waals surface area contributed by atoms with E-state index in [9.17, 15) is 9.59 Å². The van der Waals surface area contributed by atoms with Gasteiger partial charge in [-0.25, -0.2) is 0 Å². The fourth-order valence-electron chi connectivity index (χ4n) is 3.19. The van der Waals surface area contributed by atoms with E-state index < -0.39 is 0 Å². The van der Waals surface area contributed by atoms with E-state index >= 15 is 0 Å². The fraction of sp³-hybridized carbons (Fsp3) is 0.211. The first-order valence-corrected chi connectivity index (χ1v) is 10.6. The molecule has 1 fully saturated rings. The third kappa shape index (κ3) is 3.07. The fourth-order valence-corrected chi connectivity index (χ4v) is 5.63. The van der Waals surface area contributed by atoms with Crippen LogP contribution in [0.3, 0.4) is 0 Å². The first-order chi connectivity index (χ1) is 13.0. The number of thiocarbonyl (C=S) groups is 1. The number of nitrogens with one attached hydrogen (secondary N) is 1. The van der Waals surface area contributed by atoms with Crippen molar-refractivity contribution in [3.63, 3.8) is 0 Å². The zero-order chi connectivity index (χ0) is 19.1. The number of hydrogen-bond donors (Lipinski definition) is 1. The number of fused-ring (bicyclic) bond motifs is 1. The van der Waals surface area contributed by atoms with Crippen molar-refractivity contribution in [1.29, 1.82) is 0 Å². The predicted octanol–water partition coefficient (Wildman–Crippen LogP) is 1.85. The van der Waals surface area contributed by atoms with Gasteiger partial charge in [-0.3, -0.25) is 14.2 Å². The van der Waals surface area contributed by atoms with Gasteiger partial charge in [0.1, 0.15) is 18.4 Å². The van der Waals surface area contributed by atoms with Crippen LogP contribution in [0.25, 0.3) is 16.7 Å². The van der Waals surface area contributed by atoms with Crippen molar-refractivity contribution >= 4 is 67.9 Å². The van der Waals surface area contributed by atoms with Crippen LogP contribution in [0.4, 0.5) is 5.69 Å². The Labute approximate surface area is 169 Å². The van der Waals surface area contributed by atoms with E-state index in [0.29, 0.717) is 25.0 Å². The third-order valence-electron chi connectivity index (χ3n) is 4.45. The average Bonchev–Trinajstić information content (AvgIpc) is 3.15. The molecule has 1 N–H and O–H groups in total. The molecule has 1 amide bonds. The lowest BCUT2D eigenvalue weighted by atomic mass is 10.1. The van der Waals surface area contributed by atoms with E-state index in [1.807, 2.05) is 55.3 Å². The zero-order valence-electron chi connectivity index (χ0n) is 14.8. The number of aromatic nitrogens is 1. The summed E-state index contributed by atoms with van der Waals surface area (Å²) in [7, 11) is 1.96. The van der Waals surface area contributed by atoms with Gasteiger partial charge in [-0.15, -0.1) is 11.3 Å². The number of nitrogens with zero attached hydrogens (tertiary/aromatic N) is 2. The molecule has 3 heterocycles. The number of thiazole rings is 1. The van der Waals surface area contributed by atoms with Crippen molar-refractivity contribution in [1.82, 2.24) is 9.88 Å². The third-order valence-corrected chi connectivity index (χ3v) is 7.01. The van der Waals surface area contributed by atoms with Gasteiger partial charge >= 0.3 is 0 Å². The Hall–Kier alpha value is -2.16. The summed E-state index contributed by atoms with van der Waals surface area (Å²) in [4.78, 5) is 28.0. The van der Waals surface area contributed by atoms with Crippen molar-refractivity contribution in [3.8, 4) is 0 Å². The number of carbonyl (C=O) groups excluding carboxylic acids is 1. The molecule has 27 heavy (non-hydrogen) atoms. The van der Waals surface area contributed by atoms with E-state index in [1.54, 1.807) is 4.57 Å². The van der Waals surface area contributed by atoms with Gasteiger partial charge in [0.15, 0.2) is 0 Å². The second-order valence-corrected chi connectivity index (χ2v) is 8.89. The second-order valence-electron chi connectivity index (χ2n) is 6.20. The van der Waals surface area contributed by atoms with Crippen molar-refractivity contribution in [2.24, 2.45) is 0 Å². The highest BCUT2D eigenvalue weighted by atomic mass is 32.2. The van der Waals surface area contributed by atoms with Crippen LogP contribution in [0.2, 0.25) is 0 Å². The van der Waals surface area contributed by atoms with Crippen LogP contribution in [0.1, 0.15) is 18.9 Å². The largest absolute Gasteiger partial charge is 0.343 e. The standard InChI is InChI=1S/C19H17N3O2S3/c1-3-10-22-17(24)14(26-18(22)15-16(23)20-19(25)27-15)13-9-8-11-6-4-5-7-12(11)21(13)2/h4-9H,3,10H2,1-2H3,(H,20,23,25). The Morgan fingerprint density at radius 2 is 1.96 bits per heavy atom. The van der Waals surface area contributed by atoms with Gasteiger partial charge < -0.3 is 10.2 Å². The first kappa shape index (κ1) is 18.2. The van der Waals surface area contributed by atoms with Gasteiger partial charge in [0.25, 0.3) is 11.5 Å². The molecule has 0 spiro atoms. The van der Waals surface area contributed by atoms with E-state index in [0.717, 1.165) is 23.4 Å². The molecular weight excluding hydrogens is 398 g/mol. The maximum atomic E-state index is 13.2. The van der Waals surface area contributed by atoms with Gasteiger partial charge in [0, 0.05) is 19.3 Å².